The number of benzene rings is 2. The molecule has 1 aliphatic rings. The number of sulfonamides is 1. The second kappa shape index (κ2) is 10.6. The zero-order valence-electron chi connectivity index (χ0n) is 17.2. The summed E-state index contributed by atoms with van der Waals surface area (Å²) in [7, 11) is -1.89. The van der Waals surface area contributed by atoms with Crippen LogP contribution < -0.4 is 10.1 Å². The maximum absolute atomic E-state index is 12.8. The second-order valence-corrected chi connectivity index (χ2v) is 9.10. The van der Waals surface area contributed by atoms with Crippen LogP contribution in [0.5, 0.6) is 5.75 Å². The smallest absolute Gasteiger partial charge is 0.255 e. The third kappa shape index (κ3) is 5.81. The number of nitrogens with one attached hydrogen (secondary N) is 1. The molecule has 1 fully saturated rings. The maximum atomic E-state index is 12.8. The maximum Gasteiger partial charge on any atom is 0.255 e. The number of carbonyl (C=O) groups excluding carboxylic acids is 1. The number of ether oxygens (including phenoxy) is 2. The predicted molar refractivity (Wildman–Crippen MR) is 115 cm³/mol. The third-order valence-electron chi connectivity index (χ3n) is 4.99. The third-order valence-corrected chi connectivity index (χ3v) is 6.90. The summed E-state index contributed by atoms with van der Waals surface area (Å²) in [5.41, 5.74) is 1.02. The summed E-state index contributed by atoms with van der Waals surface area (Å²) in [5.74, 6) is 0.383. The lowest BCUT2D eigenvalue weighted by Crippen LogP contribution is -2.31. The van der Waals surface area contributed by atoms with Crippen LogP contribution in [0.4, 0.5) is 5.69 Å². The van der Waals surface area contributed by atoms with Gasteiger partial charge in [-0.2, -0.15) is 4.31 Å². The second-order valence-electron chi connectivity index (χ2n) is 7.16. The Morgan fingerprint density at radius 2 is 1.57 bits per heavy atom. The van der Waals surface area contributed by atoms with Gasteiger partial charge >= 0.3 is 0 Å². The molecule has 8 heteroatoms. The van der Waals surface area contributed by atoms with Gasteiger partial charge in [-0.3, -0.25) is 4.79 Å². The lowest BCUT2D eigenvalue weighted by Gasteiger charge is -2.20. The highest BCUT2D eigenvalue weighted by molar-refractivity contribution is 7.89. The highest BCUT2D eigenvalue weighted by Gasteiger charge is 2.25. The monoisotopic (exact) mass is 432 g/mol. The molecule has 0 unspecified atom stereocenters. The minimum atomic E-state index is -3.50. The first-order valence-corrected chi connectivity index (χ1v) is 11.6. The van der Waals surface area contributed by atoms with Gasteiger partial charge in [0.25, 0.3) is 5.91 Å². The summed E-state index contributed by atoms with van der Waals surface area (Å²) in [6.45, 7) is 2.05. The molecule has 0 spiro atoms. The van der Waals surface area contributed by atoms with E-state index in [9.17, 15) is 13.2 Å². The number of rotatable bonds is 8. The Kier molecular flexibility index (Phi) is 7.84. The van der Waals surface area contributed by atoms with Gasteiger partial charge in [0, 0.05) is 31.5 Å². The van der Waals surface area contributed by atoms with Crippen molar-refractivity contribution in [2.75, 3.05) is 38.7 Å². The van der Waals surface area contributed by atoms with Crippen LogP contribution in [-0.4, -0.2) is 52.0 Å². The molecular formula is C22H28N2O5S. The molecular weight excluding hydrogens is 404 g/mol. The molecule has 1 heterocycles. The molecule has 162 valence electrons. The average Bonchev–Trinajstić information content (AvgIpc) is 3.05. The fraction of sp³-hybridized carbons (Fsp3) is 0.409. The van der Waals surface area contributed by atoms with Crippen LogP contribution in [0.2, 0.25) is 0 Å². The zero-order chi connectivity index (χ0) is 21.4. The molecule has 30 heavy (non-hydrogen) atoms. The van der Waals surface area contributed by atoms with Gasteiger partial charge in [-0.15, -0.1) is 0 Å². The molecule has 3 rings (SSSR count). The van der Waals surface area contributed by atoms with E-state index in [0.29, 0.717) is 43.3 Å². The lowest BCUT2D eigenvalue weighted by atomic mass is 10.2. The van der Waals surface area contributed by atoms with Gasteiger partial charge in [-0.1, -0.05) is 12.8 Å². The normalized spacial score (nSPS) is 15.4. The Balaban J connectivity index is 1.61. The van der Waals surface area contributed by atoms with Crippen molar-refractivity contribution in [3.8, 4) is 5.75 Å². The van der Waals surface area contributed by atoms with Crippen molar-refractivity contribution in [3.05, 3.63) is 54.1 Å². The summed E-state index contributed by atoms with van der Waals surface area (Å²) in [6, 6.07) is 13.1. The minimum Gasteiger partial charge on any atom is -0.491 e. The Morgan fingerprint density at radius 1 is 0.933 bits per heavy atom. The highest BCUT2D eigenvalue weighted by atomic mass is 32.2. The van der Waals surface area contributed by atoms with Gasteiger partial charge < -0.3 is 14.8 Å². The van der Waals surface area contributed by atoms with Crippen molar-refractivity contribution in [1.29, 1.82) is 0 Å². The Morgan fingerprint density at radius 3 is 2.17 bits per heavy atom. The summed E-state index contributed by atoms with van der Waals surface area (Å²) in [6.07, 6.45) is 3.92. The van der Waals surface area contributed by atoms with Crippen LogP contribution in [-0.2, 0) is 14.8 Å². The average molecular weight is 433 g/mol. The van der Waals surface area contributed by atoms with Crippen molar-refractivity contribution < 1.29 is 22.7 Å². The van der Waals surface area contributed by atoms with Crippen LogP contribution in [0.15, 0.2) is 53.4 Å². The molecule has 7 nitrogen and oxygen atoms in total. The van der Waals surface area contributed by atoms with Crippen molar-refractivity contribution in [3.63, 3.8) is 0 Å². The van der Waals surface area contributed by atoms with Crippen molar-refractivity contribution in [1.82, 2.24) is 4.31 Å². The Hall–Kier alpha value is -2.42. The molecule has 0 radical (unpaired) electrons. The van der Waals surface area contributed by atoms with E-state index in [1.807, 2.05) is 0 Å². The predicted octanol–water partition coefficient (Wildman–Crippen LogP) is 3.53. The van der Waals surface area contributed by atoms with Gasteiger partial charge in [0.05, 0.1) is 11.5 Å². The molecule has 0 aromatic heterocycles. The lowest BCUT2D eigenvalue weighted by molar-refractivity contribution is 0.102. The molecule has 1 amide bonds. The van der Waals surface area contributed by atoms with Crippen molar-refractivity contribution >= 4 is 21.6 Å². The van der Waals surface area contributed by atoms with E-state index in [4.69, 9.17) is 9.47 Å². The molecule has 0 bridgehead atoms. The summed E-state index contributed by atoms with van der Waals surface area (Å²) < 4.78 is 37.7. The Labute approximate surface area is 178 Å². The van der Waals surface area contributed by atoms with E-state index in [0.717, 1.165) is 25.7 Å². The SMILES string of the molecule is COCCOc1ccc(C(=O)Nc2ccc(S(=O)(=O)N3CCCCCC3)cc2)cc1. The van der Waals surface area contributed by atoms with Crippen LogP contribution >= 0.6 is 0 Å². The van der Waals surface area contributed by atoms with Crippen molar-refractivity contribution in [2.24, 2.45) is 0 Å². The van der Waals surface area contributed by atoms with Gasteiger partial charge in [-0.05, 0) is 61.4 Å². The topological polar surface area (TPSA) is 84.9 Å². The van der Waals surface area contributed by atoms with E-state index < -0.39 is 10.0 Å². The van der Waals surface area contributed by atoms with Gasteiger partial charge in [-0.25, -0.2) is 8.42 Å². The molecule has 2 aromatic carbocycles. The van der Waals surface area contributed by atoms with E-state index in [2.05, 4.69) is 5.32 Å². The van der Waals surface area contributed by atoms with Gasteiger partial charge in [0.15, 0.2) is 0 Å². The fourth-order valence-corrected chi connectivity index (χ4v) is 4.81. The number of hydrogen-bond acceptors (Lipinski definition) is 5. The summed E-state index contributed by atoms with van der Waals surface area (Å²) in [5, 5.41) is 2.79. The molecule has 1 saturated heterocycles. The number of methoxy groups -OCH3 is 1. The first kappa shape index (κ1) is 22.3. The largest absolute Gasteiger partial charge is 0.491 e. The van der Waals surface area contributed by atoms with Gasteiger partial charge in [0.2, 0.25) is 10.0 Å². The molecule has 1 aliphatic heterocycles. The molecule has 2 aromatic rings. The van der Waals surface area contributed by atoms with Crippen molar-refractivity contribution in [2.45, 2.75) is 30.6 Å². The van der Waals surface area contributed by atoms with Crippen LogP contribution in [0.25, 0.3) is 0 Å². The first-order valence-electron chi connectivity index (χ1n) is 10.1. The number of nitrogens with zero attached hydrogens (tertiary/aromatic N) is 1. The number of anilines is 1. The zero-order valence-corrected chi connectivity index (χ0v) is 18.0. The summed E-state index contributed by atoms with van der Waals surface area (Å²) in [4.78, 5) is 12.7. The Bertz CT molecular complexity index is 919. The molecule has 0 atom stereocenters. The molecule has 1 N–H and O–H groups in total. The minimum absolute atomic E-state index is 0.250. The summed E-state index contributed by atoms with van der Waals surface area (Å²) >= 11 is 0. The fourth-order valence-electron chi connectivity index (χ4n) is 3.29. The van der Waals surface area contributed by atoms with Crippen LogP contribution in [0, 0.1) is 0 Å². The quantitative estimate of drug-likeness (QED) is 0.645. The van der Waals surface area contributed by atoms with E-state index in [-0.39, 0.29) is 10.8 Å². The van der Waals surface area contributed by atoms with Gasteiger partial charge in [0.1, 0.15) is 12.4 Å². The standard InChI is InChI=1S/C22H28N2O5S/c1-28-16-17-29-20-10-6-18(7-11-20)22(25)23-19-8-12-21(13-9-19)30(26,27)24-14-4-2-3-5-15-24/h6-13H,2-5,14-17H2,1H3,(H,23,25). The number of amides is 1. The first-order chi connectivity index (χ1) is 14.5. The van der Waals surface area contributed by atoms with E-state index in [1.54, 1.807) is 59.9 Å². The van der Waals surface area contributed by atoms with Crippen LogP contribution in [0.3, 0.4) is 0 Å². The van der Waals surface area contributed by atoms with E-state index in [1.165, 1.54) is 0 Å². The number of carbonyl (C=O) groups is 1. The van der Waals surface area contributed by atoms with Crippen LogP contribution in [0.1, 0.15) is 36.0 Å². The number of hydrogen-bond donors (Lipinski definition) is 1. The molecule has 0 aliphatic carbocycles. The molecule has 0 saturated carbocycles. The van der Waals surface area contributed by atoms with E-state index >= 15 is 0 Å². The highest BCUT2D eigenvalue weighted by Crippen LogP contribution is 2.22.